The minimum Gasteiger partial charge on any atom is -0.479 e. The Labute approximate surface area is 308 Å². The Morgan fingerprint density at radius 1 is 0.830 bits per heavy atom. The van der Waals surface area contributed by atoms with E-state index in [0.29, 0.717) is 0 Å². The normalized spacial score (nSPS) is 38.8. The fraction of sp³-hybridized carbons (Fsp3) is 0.757. The SMILES string of the molecule is COC(=O)[C@H]1C[C@H](O[C@@H]2O[C@H](CO)[C@H](O)[C@H](O[C@@H](CC3CCCCC3)C(=O)O)[C@H]2OC(=O)c2ccccc2)[C@H](O[C@@H]2O[C@@H](C)[C@@H](O)[C@@H](O)[C@@H]2O)[C@@H](C)C1. The molecule has 16 heteroatoms. The van der Waals surface area contributed by atoms with Gasteiger partial charge in [0.15, 0.2) is 24.8 Å². The quantitative estimate of drug-likeness (QED) is 0.154. The van der Waals surface area contributed by atoms with Crippen LogP contribution in [-0.2, 0) is 42.7 Å². The highest BCUT2D eigenvalue weighted by molar-refractivity contribution is 5.89. The third kappa shape index (κ3) is 9.92. The number of carboxylic acid groups (broad SMARTS) is 1. The average molecular weight is 755 g/mol. The van der Waals surface area contributed by atoms with Crippen molar-refractivity contribution in [2.24, 2.45) is 17.8 Å². The summed E-state index contributed by atoms with van der Waals surface area (Å²) in [5.74, 6) is -3.77. The molecule has 2 saturated heterocycles. The van der Waals surface area contributed by atoms with E-state index in [4.69, 9.17) is 33.2 Å². The zero-order valence-corrected chi connectivity index (χ0v) is 30.3. The Bertz CT molecular complexity index is 1340. The van der Waals surface area contributed by atoms with E-state index in [0.717, 1.165) is 32.1 Å². The van der Waals surface area contributed by atoms with Crippen LogP contribution < -0.4 is 0 Å². The molecule has 16 nitrogen and oxygen atoms in total. The van der Waals surface area contributed by atoms with Gasteiger partial charge in [-0.25, -0.2) is 9.59 Å². The zero-order valence-electron chi connectivity index (χ0n) is 30.3. The van der Waals surface area contributed by atoms with Gasteiger partial charge in [-0.05, 0) is 50.2 Å². The Kier molecular flexibility index (Phi) is 14.6. The molecule has 4 aliphatic rings. The molecule has 15 atom stereocenters. The van der Waals surface area contributed by atoms with Gasteiger partial charge in [-0.15, -0.1) is 0 Å². The van der Waals surface area contributed by atoms with Crippen molar-refractivity contribution in [3.63, 3.8) is 0 Å². The minimum atomic E-state index is -1.66. The first kappa shape index (κ1) is 41.4. The molecule has 5 rings (SSSR count). The standard InChI is InChI=1S/C37H54O16/c1-18-14-22(34(45)47-3)16-23(30(18)53-36-29(42)28(41)26(39)19(2)48-36)50-37-32(52-35(46)21-12-8-5-9-13-21)31(27(40)25(17-38)51-37)49-24(33(43)44)15-20-10-6-4-7-11-20/h5,8-9,12-13,18-20,22-32,36-42H,4,6-7,10-11,14-17H2,1-3H3,(H,43,44)/t18-,19-,22+,23-,24-,25+,26+,27-,28+,29-,30+,31-,32+,36-,37+/m0/s1. The van der Waals surface area contributed by atoms with Gasteiger partial charge in [0.1, 0.15) is 36.6 Å². The molecule has 53 heavy (non-hydrogen) atoms. The summed E-state index contributed by atoms with van der Waals surface area (Å²) in [4.78, 5) is 39.0. The van der Waals surface area contributed by atoms with E-state index in [9.17, 15) is 45.0 Å². The highest BCUT2D eigenvalue weighted by atomic mass is 16.7. The highest BCUT2D eigenvalue weighted by Gasteiger charge is 2.54. The van der Waals surface area contributed by atoms with E-state index in [1.807, 2.05) is 0 Å². The third-order valence-electron chi connectivity index (χ3n) is 11.0. The molecule has 0 unspecified atom stereocenters. The molecule has 0 spiro atoms. The largest absolute Gasteiger partial charge is 0.479 e. The van der Waals surface area contributed by atoms with Crippen LogP contribution in [0.3, 0.4) is 0 Å². The van der Waals surface area contributed by atoms with Crippen LogP contribution in [0.2, 0.25) is 0 Å². The molecule has 2 heterocycles. The number of aliphatic hydroxyl groups is 5. The lowest BCUT2D eigenvalue weighted by molar-refractivity contribution is -0.349. The first-order valence-corrected chi connectivity index (χ1v) is 18.5. The van der Waals surface area contributed by atoms with E-state index >= 15 is 0 Å². The summed E-state index contributed by atoms with van der Waals surface area (Å²) >= 11 is 0. The summed E-state index contributed by atoms with van der Waals surface area (Å²) in [5.41, 5.74) is 0.136. The van der Waals surface area contributed by atoms with Gasteiger partial charge < -0.3 is 63.8 Å². The van der Waals surface area contributed by atoms with Crippen molar-refractivity contribution in [3.05, 3.63) is 35.9 Å². The van der Waals surface area contributed by atoms with Gasteiger partial charge in [0, 0.05) is 0 Å². The maximum absolute atomic E-state index is 13.6. The van der Waals surface area contributed by atoms with E-state index in [1.54, 1.807) is 25.1 Å². The molecule has 1 aromatic carbocycles. The number of ether oxygens (including phenoxy) is 7. The molecule has 298 valence electrons. The lowest BCUT2D eigenvalue weighted by Gasteiger charge is -2.48. The topological polar surface area (TPSA) is 237 Å². The first-order valence-electron chi connectivity index (χ1n) is 18.5. The van der Waals surface area contributed by atoms with Crippen LogP contribution in [0, 0.1) is 17.8 Å². The maximum atomic E-state index is 13.6. The Morgan fingerprint density at radius 3 is 2.17 bits per heavy atom. The van der Waals surface area contributed by atoms with E-state index < -0.39 is 116 Å². The summed E-state index contributed by atoms with van der Waals surface area (Å²) in [6.45, 7) is 2.53. The predicted octanol–water partition coefficient (Wildman–Crippen LogP) is 0.916. The van der Waals surface area contributed by atoms with Gasteiger partial charge in [-0.3, -0.25) is 4.79 Å². The van der Waals surface area contributed by atoms with Crippen LogP contribution in [-0.4, -0.2) is 142 Å². The fourth-order valence-electron chi connectivity index (χ4n) is 7.95. The van der Waals surface area contributed by atoms with Gasteiger partial charge in [0.05, 0.1) is 43.5 Å². The Morgan fingerprint density at radius 2 is 1.53 bits per heavy atom. The Balaban J connectivity index is 1.48. The number of esters is 2. The van der Waals surface area contributed by atoms with Gasteiger partial charge in [0.2, 0.25) is 0 Å². The summed E-state index contributed by atoms with van der Waals surface area (Å²) in [5, 5.41) is 63.5. The molecule has 6 N–H and O–H groups in total. The summed E-state index contributed by atoms with van der Waals surface area (Å²) in [7, 11) is 1.25. The van der Waals surface area contributed by atoms with Crippen LogP contribution in [0.25, 0.3) is 0 Å². The number of aliphatic carboxylic acids is 1. The van der Waals surface area contributed by atoms with Crippen molar-refractivity contribution in [3.8, 4) is 0 Å². The molecule has 0 aromatic heterocycles. The van der Waals surface area contributed by atoms with Crippen molar-refractivity contribution >= 4 is 17.9 Å². The van der Waals surface area contributed by atoms with Crippen molar-refractivity contribution in [1.82, 2.24) is 0 Å². The van der Waals surface area contributed by atoms with Crippen LogP contribution in [0.5, 0.6) is 0 Å². The molecule has 1 aromatic rings. The van der Waals surface area contributed by atoms with Crippen molar-refractivity contribution < 1.29 is 78.2 Å². The lowest BCUT2D eigenvalue weighted by Crippen LogP contribution is -2.64. The molecule has 0 amide bonds. The number of aliphatic hydroxyl groups excluding tert-OH is 5. The van der Waals surface area contributed by atoms with Crippen LogP contribution in [0.1, 0.15) is 75.6 Å². The molecule has 0 radical (unpaired) electrons. The fourth-order valence-corrected chi connectivity index (χ4v) is 7.95. The van der Waals surface area contributed by atoms with Gasteiger partial charge in [0.25, 0.3) is 0 Å². The van der Waals surface area contributed by atoms with Crippen molar-refractivity contribution in [2.75, 3.05) is 13.7 Å². The molecule has 0 bridgehead atoms. The number of methoxy groups -OCH3 is 1. The number of rotatable bonds is 13. The number of carboxylic acids is 1. The molecular formula is C37H54O16. The number of benzene rings is 1. The summed E-state index contributed by atoms with van der Waals surface area (Å²) in [6, 6.07) is 7.95. The van der Waals surface area contributed by atoms with Crippen molar-refractivity contribution in [1.29, 1.82) is 0 Å². The second-order valence-corrected chi connectivity index (χ2v) is 14.7. The van der Waals surface area contributed by atoms with E-state index in [-0.39, 0.29) is 30.7 Å². The second kappa shape index (κ2) is 18.7. The number of carbonyl (C=O) groups excluding carboxylic acids is 2. The highest BCUT2D eigenvalue weighted by Crippen LogP contribution is 2.39. The minimum absolute atomic E-state index is 0.0261. The number of hydrogen-bond donors (Lipinski definition) is 6. The molecule has 4 fully saturated rings. The second-order valence-electron chi connectivity index (χ2n) is 14.7. The van der Waals surface area contributed by atoms with Crippen LogP contribution in [0.4, 0.5) is 0 Å². The molecular weight excluding hydrogens is 700 g/mol. The van der Waals surface area contributed by atoms with Gasteiger partial charge in [-0.1, -0.05) is 57.2 Å². The maximum Gasteiger partial charge on any atom is 0.338 e. The van der Waals surface area contributed by atoms with E-state index in [2.05, 4.69) is 0 Å². The molecule has 2 saturated carbocycles. The average Bonchev–Trinajstić information content (AvgIpc) is 3.16. The number of hydrogen-bond acceptors (Lipinski definition) is 15. The third-order valence-corrected chi connectivity index (χ3v) is 11.0. The summed E-state index contributed by atoms with van der Waals surface area (Å²) < 4.78 is 41.6. The smallest absolute Gasteiger partial charge is 0.338 e. The lowest BCUT2D eigenvalue weighted by atomic mass is 9.78. The number of carbonyl (C=O) groups is 3. The van der Waals surface area contributed by atoms with Crippen molar-refractivity contribution in [2.45, 2.75) is 145 Å². The molecule has 2 aliphatic heterocycles. The monoisotopic (exact) mass is 754 g/mol. The van der Waals surface area contributed by atoms with Gasteiger partial charge in [-0.2, -0.15) is 0 Å². The summed E-state index contributed by atoms with van der Waals surface area (Å²) in [6.07, 6.45) is -13.2. The predicted molar refractivity (Wildman–Crippen MR) is 181 cm³/mol. The van der Waals surface area contributed by atoms with Crippen LogP contribution in [0.15, 0.2) is 30.3 Å². The Hall–Kier alpha value is -2.77. The zero-order chi connectivity index (χ0) is 38.4. The van der Waals surface area contributed by atoms with Crippen LogP contribution >= 0.6 is 0 Å². The van der Waals surface area contributed by atoms with E-state index in [1.165, 1.54) is 26.2 Å². The molecule has 2 aliphatic carbocycles. The van der Waals surface area contributed by atoms with Gasteiger partial charge >= 0.3 is 17.9 Å². The first-order chi connectivity index (χ1) is 25.3.